The van der Waals surface area contributed by atoms with Crippen LogP contribution in [0.25, 0.3) is 0 Å². The van der Waals surface area contributed by atoms with Crippen LogP contribution in [0.5, 0.6) is 0 Å². The molecule has 122 valence electrons. The van der Waals surface area contributed by atoms with Crippen LogP contribution in [-0.2, 0) is 11.3 Å². The van der Waals surface area contributed by atoms with Crippen molar-refractivity contribution >= 4 is 17.3 Å². The average Bonchev–Trinajstić information content (AvgIpc) is 2.47. The van der Waals surface area contributed by atoms with E-state index in [4.69, 9.17) is 5.73 Å². The van der Waals surface area contributed by atoms with Crippen LogP contribution >= 0.6 is 0 Å². The molecule has 0 unspecified atom stereocenters. The Hall–Kier alpha value is -2.15. The average molecular weight is 309 g/mol. The first-order valence-corrected chi connectivity index (χ1v) is 7.28. The van der Waals surface area contributed by atoms with E-state index in [0.29, 0.717) is 18.5 Å². The van der Waals surface area contributed by atoms with Gasteiger partial charge in [-0.05, 0) is 31.9 Å². The molecule has 22 heavy (non-hydrogen) atoms. The van der Waals surface area contributed by atoms with Gasteiger partial charge in [0.15, 0.2) is 0 Å². The molecule has 0 aliphatic carbocycles. The minimum atomic E-state index is -1.03. The molecule has 0 radical (unpaired) electrons. The lowest BCUT2D eigenvalue weighted by molar-refractivity contribution is -0.384. The third-order valence-electron chi connectivity index (χ3n) is 4.07. The monoisotopic (exact) mass is 309 g/mol. The zero-order valence-corrected chi connectivity index (χ0v) is 13.2. The lowest BCUT2D eigenvalue weighted by Crippen LogP contribution is -2.52. The highest BCUT2D eigenvalue weighted by molar-refractivity contribution is 5.78. The van der Waals surface area contributed by atoms with Gasteiger partial charge in [-0.25, -0.2) is 0 Å². The van der Waals surface area contributed by atoms with Crippen LogP contribution in [0.4, 0.5) is 11.4 Å². The summed E-state index contributed by atoms with van der Waals surface area (Å²) >= 11 is 0. The summed E-state index contributed by atoms with van der Waals surface area (Å²) in [5.74, 6) is -0.910. The number of nitro groups is 1. The fourth-order valence-corrected chi connectivity index (χ4v) is 2.38. The van der Waals surface area contributed by atoms with E-state index in [2.05, 4.69) is 0 Å². The summed E-state index contributed by atoms with van der Waals surface area (Å²) < 4.78 is 0. The highest BCUT2D eigenvalue weighted by atomic mass is 16.6. The van der Waals surface area contributed by atoms with Crippen molar-refractivity contribution in [3.8, 4) is 0 Å². The van der Waals surface area contributed by atoms with Crippen molar-refractivity contribution in [2.45, 2.75) is 45.7 Å². The molecule has 1 aromatic rings. The fourth-order valence-electron chi connectivity index (χ4n) is 2.38. The molecule has 0 fully saturated rings. The Kier molecular flexibility index (Phi) is 5.87. The minimum Gasteiger partial charge on any atom is -0.480 e. The van der Waals surface area contributed by atoms with E-state index < -0.39 is 16.4 Å². The first-order valence-electron chi connectivity index (χ1n) is 7.28. The standard InChI is InChI=1S/C15H23N3O4/c1-4-9-17(15(3,5-2)14(19)20)10-11-7-6-8-12(13(11)16)18(21)22/h6-8H,4-5,9-10,16H2,1-3H3,(H,19,20)/t15-/m1/s1. The minimum absolute atomic E-state index is 0.0949. The van der Waals surface area contributed by atoms with Crippen LogP contribution in [0, 0.1) is 10.1 Å². The maximum Gasteiger partial charge on any atom is 0.323 e. The van der Waals surface area contributed by atoms with Gasteiger partial charge in [-0.2, -0.15) is 0 Å². The fraction of sp³-hybridized carbons (Fsp3) is 0.533. The number of benzene rings is 1. The number of hydrogen-bond acceptors (Lipinski definition) is 5. The van der Waals surface area contributed by atoms with Crippen LogP contribution in [0.2, 0.25) is 0 Å². The van der Waals surface area contributed by atoms with E-state index >= 15 is 0 Å². The normalized spacial score (nSPS) is 13.8. The maximum absolute atomic E-state index is 11.6. The Morgan fingerprint density at radius 3 is 2.55 bits per heavy atom. The predicted octanol–water partition coefficient (Wildman–Crippen LogP) is 2.64. The van der Waals surface area contributed by atoms with Gasteiger partial charge in [0.05, 0.1) is 4.92 Å². The van der Waals surface area contributed by atoms with Crippen LogP contribution in [0.15, 0.2) is 18.2 Å². The van der Waals surface area contributed by atoms with E-state index in [1.165, 1.54) is 6.07 Å². The largest absolute Gasteiger partial charge is 0.480 e. The van der Waals surface area contributed by atoms with Crippen LogP contribution < -0.4 is 5.73 Å². The first kappa shape index (κ1) is 17.9. The van der Waals surface area contributed by atoms with Gasteiger partial charge in [0.2, 0.25) is 0 Å². The lowest BCUT2D eigenvalue weighted by Gasteiger charge is -2.37. The molecule has 1 rings (SSSR count). The number of nitrogens with zero attached hydrogens (tertiary/aromatic N) is 2. The SMILES string of the molecule is CCCN(Cc1cccc([N+](=O)[O-])c1N)[C@](C)(CC)C(=O)O. The topological polar surface area (TPSA) is 110 Å². The number of anilines is 1. The number of carboxylic acids is 1. The van der Waals surface area contributed by atoms with Crippen molar-refractivity contribution in [1.29, 1.82) is 0 Å². The third kappa shape index (κ3) is 3.54. The number of para-hydroxylation sites is 1. The molecule has 7 nitrogen and oxygen atoms in total. The summed E-state index contributed by atoms with van der Waals surface area (Å²) in [5.41, 5.74) is 5.36. The molecular formula is C15H23N3O4. The molecule has 0 aliphatic heterocycles. The number of aliphatic carboxylic acids is 1. The Morgan fingerprint density at radius 1 is 1.45 bits per heavy atom. The molecule has 1 aromatic carbocycles. The van der Waals surface area contributed by atoms with Crippen molar-refractivity contribution in [2.75, 3.05) is 12.3 Å². The maximum atomic E-state index is 11.6. The van der Waals surface area contributed by atoms with Crippen molar-refractivity contribution in [3.05, 3.63) is 33.9 Å². The van der Waals surface area contributed by atoms with Crippen LogP contribution in [0.1, 0.15) is 39.2 Å². The zero-order valence-electron chi connectivity index (χ0n) is 13.2. The van der Waals surface area contributed by atoms with Gasteiger partial charge in [0.25, 0.3) is 5.69 Å². The van der Waals surface area contributed by atoms with E-state index in [1.807, 2.05) is 18.7 Å². The number of nitrogen functional groups attached to an aromatic ring is 1. The van der Waals surface area contributed by atoms with Gasteiger partial charge in [-0.3, -0.25) is 19.8 Å². The van der Waals surface area contributed by atoms with Gasteiger partial charge in [0, 0.05) is 12.6 Å². The highest BCUT2D eigenvalue weighted by Gasteiger charge is 2.37. The second kappa shape index (κ2) is 7.22. The van der Waals surface area contributed by atoms with Gasteiger partial charge in [-0.15, -0.1) is 0 Å². The quantitative estimate of drug-likeness (QED) is 0.434. The predicted molar refractivity (Wildman–Crippen MR) is 84.5 cm³/mol. The number of nitrogens with two attached hydrogens (primary N) is 1. The third-order valence-corrected chi connectivity index (χ3v) is 4.07. The number of nitro benzene ring substituents is 1. The van der Waals surface area contributed by atoms with Crippen LogP contribution in [0.3, 0.4) is 0 Å². The lowest BCUT2D eigenvalue weighted by atomic mass is 9.95. The van der Waals surface area contributed by atoms with Gasteiger partial charge >= 0.3 is 5.97 Å². The Morgan fingerprint density at radius 2 is 2.09 bits per heavy atom. The second-order valence-corrected chi connectivity index (χ2v) is 5.46. The first-order chi connectivity index (χ1) is 10.3. The summed E-state index contributed by atoms with van der Waals surface area (Å²) in [7, 11) is 0. The number of rotatable bonds is 8. The van der Waals surface area contributed by atoms with E-state index in [1.54, 1.807) is 19.1 Å². The molecule has 7 heteroatoms. The molecule has 0 aromatic heterocycles. The van der Waals surface area contributed by atoms with Crippen LogP contribution in [-0.4, -0.2) is 33.0 Å². The Labute approximate surface area is 129 Å². The summed E-state index contributed by atoms with van der Waals surface area (Å²) in [5, 5.41) is 20.5. The molecule has 0 aliphatic rings. The highest BCUT2D eigenvalue weighted by Crippen LogP contribution is 2.29. The summed E-state index contributed by atoms with van der Waals surface area (Å²) in [6.45, 7) is 6.27. The van der Waals surface area contributed by atoms with E-state index in [9.17, 15) is 20.0 Å². The van der Waals surface area contributed by atoms with Crippen molar-refractivity contribution in [2.24, 2.45) is 0 Å². The molecule has 0 saturated heterocycles. The van der Waals surface area contributed by atoms with Crippen molar-refractivity contribution < 1.29 is 14.8 Å². The van der Waals surface area contributed by atoms with Gasteiger partial charge in [0.1, 0.15) is 11.2 Å². The summed E-state index contributed by atoms with van der Waals surface area (Å²) in [6.07, 6.45) is 1.20. The summed E-state index contributed by atoms with van der Waals surface area (Å²) in [6, 6.07) is 4.61. The van der Waals surface area contributed by atoms with Gasteiger partial charge in [-0.1, -0.05) is 26.0 Å². The van der Waals surface area contributed by atoms with Crippen molar-refractivity contribution in [3.63, 3.8) is 0 Å². The molecular weight excluding hydrogens is 286 g/mol. The molecule has 0 heterocycles. The smallest absolute Gasteiger partial charge is 0.323 e. The van der Waals surface area contributed by atoms with Gasteiger partial charge < -0.3 is 10.8 Å². The van der Waals surface area contributed by atoms with E-state index in [0.717, 1.165) is 6.42 Å². The second-order valence-electron chi connectivity index (χ2n) is 5.46. The van der Waals surface area contributed by atoms with E-state index in [-0.39, 0.29) is 17.9 Å². The number of carbonyl (C=O) groups is 1. The molecule has 0 bridgehead atoms. The molecule has 0 amide bonds. The molecule has 0 spiro atoms. The summed E-state index contributed by atoms with van der Waals surface area (Å²) in [4.78, 5) is 23.9. The number of hydrogen-bond donors (Lipinski definition) is 2. The molecule has 1 atom stereocenters. The molecule has 0 saturated carbocycles. The van der Waals surface area contributed by atoms with Crippen molar-refractivity contribution in [1.82, 2.24) is 4.90 Å². The Balaban J connectivity index is 3.19. The zero-order chi connectivity index (χ0) is 16.9. The number of carboxylic acid groups (broad SMARTS) is 1. The Bertz CT molecular complexity index is 562. The molecule has 3 N–H and O–H groups in total.